The molecule has 0 aromatic carbocycles. The molecule has 7 nitrogen and oxygen atoms in total. The third-order valence-corrected chi connectivity index (χ3v) is 3.46. The summed E-state index contributed by atoms with van der Waals surface area (Å²) in [6, 6.07) is 0.378. The van der Waals surface area contributed by atoms with Crippen molar-refractivity contribution >= 4 is 5.97 Å². The number of aryl methyl sites for hydroxylation is 1. The second-order valence-corrected chi connectivity index (χ2v) is 5.10. The number of hydrogen-bond acceptors (Lipinski definition) is 6. The first-order chi connectivity index (χ1) is 9.04. The molecule has 0 radical (unpaired) electrons. The Labute approximate surface area is 112 Å². The normalized spacial score (nSPS) is 21.7. The van der Waals surface area contributed by atoms with Crippen LogP contribution >= 0.6 is 0 Å². The lowest BCUT2D eigenvalue weighted by Gasteiger charge is -2.37. The standard InChI is InChI=1S/C12H20N4O3/c1-15-5-6-16(2)9(8-15)7-10-13-11(19-14-10)3-4-12(17)18/h9H,3-8H2,1-2H3,(H,17,18). The van der Waals surface area contributed by atoms with Gasteiger partial charge in [-0.2, -0.15) is 4.98 Å². The van der Waals surface area contributed by atoms with Crippen molar-refractivity contribution in [3.8, 4) is 0 Å². The molecule has 2 heterocycles. The largest absolute Gasteiger partial charge is 0.481 e. The summed E-state index contributed by atoms with van der Waals surface area (Å²) in [5.74, 6) is 0.213. The number of aromatic nitrogens is 2. The minimum Gasteiger partial charge on any atom is -0.481 e. The van der Waals surface area contributed by atoms with Crippen molar-refractivity contribution in [1.29, 1.82) is 0 Å². The summed E-state index contributed by atoms with van der Waals surface area (Å²) in [4.78, 5) is 19.3. The lowest BCUT2D eigenvalue weighted by molar-refractivity contribution is -0.137. The fraction of sp³-hybridized carbons (Fsp3) is 0.750. The Bertz CT molecular complexity index is 434. The molecule has 1 atom stereocenters. The Morgan fingerprint density at radius 1 is 1.47 bits per heavy atom. The zero-order valence-electron chi connectivity index (χ0n) is 11.4. The van der Waals surface area contributed by atoms with Crippen LogP contribution in [0.2, 0.25) is 0 Å². The minimum absolute atomic E-state index is 0.0215. The average Bonchev–Trinajstić information content (AvgIpc) is 2.79. The number of hydrogen-bond donors (Lipinski definition) is 1. The van der Waals surface area contributed by atoms with Crippen LogP contribution in [0.1, 0.15) is 18.1 Å². The molecule has 1 aliphatic heterocycles. The number of carboxylic acid groups (broad SMARTS) is 1. The summed E-state index contributed by atoms with van der Waals surface area (Å²) in [6.07, 6.45) is 1.05. The van der Waals surface area contributed by atoms with Gasteiger partial charge in [0.05, 0.1) is 6.42 Å². The molecule has 1 aromatic rings. The predicted octanol–water partition coefficient (Wildman–Crippen LogP) is -0.125. The Balaban J connectivity index is 1.90. The predicted molar refractivity (Wildman–Crippen MR) is 67.9 cm³/mol. The molecule has 1 fully saturated rings. The molecule has 1 N–H and O–H groups in total. The average molecular weight is 268 g/mol. The first-order valence-electron chi connectivity index (χ1n) is 6.46. The van der Waals surface area contributed by atoms with Gasteiger partial charge in [-0.1, -0.05) is 5.16 Å². The first-order valence-corrected chi connectivity index (χ1v) is 6.46. The zero-order chi connectivity index (χ0) is 13.8. The van der Waals surface area contributed by atoms with Gasteiger partial charge in [-0.15, -0.1) is 0 Å². The maximum atomic E-state index is 10.5. The van der Waals surface area contributed by atoms with Gasteiger partial charge in [0.2, 0.25) is 5.89 Å². The second kappa shape index (κ2) is 6.12. The van der Waals surface area contributed by atoms with E-state index in [0.29, 0.717) is 24.2 Å². The van der Waals surface area contributed by atoms with E-state index in [2.05, 4.69) is 34.0 Å². The van der Waals surface area contributed by atoms with Gasteiger partial charge in [0.25, 0.3) is 0 Å². The van der Waals surface area contributed by atoms with Crippen LogP contribution in [0.5, 0.6) is 0 Å². The Morgan fingerprint density at radius 3 is 3.00 bits per heavy atom. The van der Waals surface area contributed by atoms with E-state index in [-0.39, 0.29) is 6.42 Å². The number of nitrogens with zero attached hydrogens (tertiary/aromatic N) is 4. The minimum atomic E-state index is -0.853. The lowest BCUT2D eigenvalue weighted by atomic mass is 10.1. The maximum absolute atomic E-state index is 10.5. The third-order valence-electron chi connectivity index (χ3n) is 3.46. The molecule has 19 heavy (non-hydrogen) atoms. The van der Waals surface area contributed by atoms with Gasteiger partial charge in [0.15, 0.2) is 5.82 Å². The summed E-state index contributed by atoms with van der Waals surface area (Å²) in [7, 11) is 4.21. The van der Waals surface area contributed by atoms with E-state index in [1.807, 2.05) is 0 Å². The molecular formula is C12H20N4O3. The highest BCUT2D eigenvalue weighted by molar-refractivity contribution is 5.66. The van der Waals surface area contributed by atoms with Crippen LogP contribution in [0.25, 0.3) is 0 Å². The molecule has 7 heteroatoms. The molecule has 0 bridgehead atoms. The molecule has 106 valence electrons. The topological polar surface area (TPSA) is 82.7 Å². The highest BCUT2D eigenvalue weighted by Crippen LogP contribution is 2.11. The quantitative estimate of drug-likeness (QED) is 0.796. The summed E-state index contributed by atoms with van der Waals surface area (Å²) in [5.41, 5.74) is 0. The fourth-order valence-corrected chi connectivity index (χ4v) is 2.22. The van der Waals surface area contributed by atoms with Crippen LogP contribution in [-0.2, 0) is 17.6 Å². The van der Waals surface area contributed by atoms with E-state index < -0.39 is 5.97 Å². The van der Waals surface area contributed by atoms with Crippen LogP contribution in [0.4, 0.5) is 0 Å². The number of aliphatic carboxylic acids is 1. The van der Waals surface area contributed by atoms with Crippen molar-refractivity contribution in [3.63, 3.8) is 0 Å². The maximum Gasteiger partial charge on any atom is 0.303 e. The van der Waals surface area contributed by atoms with E-state index in [0.717, 1.165) is 26.1 Å². The molecule has 0 aliphatic carbocycles. The van der Waals surface area contributed by atoms with E-state index in [1.165, 1.54) is 0 Å². The summed E-state index contributed by atoms with van der Waals surface area (Å²) in [5, 5.41) is 12.5. The molecule has 0 spiro atoms. The molecular weight excluding hydrogens is 248 g/mol. The van der Waals surface area contributed by atoms with E-state index >= 15 is 0 Å². The number of carboxylic acids is 1. The van der Waals surface area contributed by atoms with E-state index in [1.54, 1.807) is 0 Å². The molecule has 0 saturated carbocycles. The van der Waals surface area contributed by atoms with Crippen molar-refractivity contribution in [1.82, 2.24) is 19.9 Å². The molecule has 1 saturated heterocycles. The van der Waals surface area contributed by atoms with Gasteiger partial charge in [0.1, 0.15) is 0 Å². The Morgan fingerprint density at radius 2 is 2.26 bits per heavy atom. The summed E-state index contributed by atoms with van der Waals surface area (Å²) in [6.45, 7) is 3.09. The molecule has 0 amide bonds. The zero-order valence-corrected chi connectivity index (χ0v) is 11.4. The highest BCUT2D eigenvalue weighted by atomic mass is 16.5. The van der Waals surface area contributed by atoms with Gasteiger partial charge in [0, 0.05) is 38.5 Å². The second-order valence-electron chi connectivity index (χ2n) is 5.10. The van der Waals surface area contributed by atoms with E-state index in [9.17, 15) is 4.79 Å². The molecule has 2 rings (SSSR count). The summed E-state index contributed by atoms with van der Waals surface area (Å²) < 4.78 is 5.06. The van der Waals surface area contributed by atoms with Crippen LogP contribution in [0.3, 0.4) is 0 Å². The smallest absolute Gasteiger partial charge is 0.303 e. The number of carbonyl (C=O) groups is 1. The molecule has 1 aliphatic rings. The first kappa shape index (κ1) is 14.0. The van der Waals surface area contributed by atoms with Crippen LogP contribution < -0.4 is 0 Å². The Kier molecular flexibility index (Phi) is 4.49. The van der Waals surface area contributed by atoms with Gasteiger partial charge >= 0.3 is 5.97 Å². The van der Waals surface area contributed by atoms with Gasteiger partial charge in [-0.25, -0.2) is 0 Å². The lowest BCUT2D eigenvalue weighted by Crippen LogP contribution is -2.50. The third kappa shape index (κ3) is 4.00. The van der Waals surface area contributed by atoms with Gasteiger partial charge in [-0.05, 0) is 14.1 Å². The molecule has 1 aromatic heterocycles. The fourth-order valence-electron chi connectivity index (χ4n) is 2.22. The molecule has 1 unspecified atom stereocenters. The number of likely N-dealkylation sites (N-methyl/N-ethyl adjacent to an activating group) is 2. The van der Waals surface area contributed by atoms with E-state index in [4.69, 9.17) is 9.63 Å². The van der Waals surface area contributed by atoms with Crippen molar-refractivity contribution < 1.29 is 14.4 Å². The van der Waals surface area contributed by atoms with Gasteiger partial charge in [-0.3, -0.25) is 4.79 Å². The van der Waals surface area contributed by atoms with Crippen LogP contribution in [-0.4, -0.2) is 70.8 Å². The Hall–Kier alpha value is -1.47. The SMILES string of the molecule is CN1CCN(C)C(Cc2noc(CCC(=O)O)n2)C1. The highest BCUT2D eigenvalue weighted by Gasteiger charge is 2.24. The monoisotopic (exact) mass is 268 g/mol. The van der Waals surface area contributed by atoms with Crippen LogP contribution in [0.15, 0.2) is 4.52 Å². The van der Waals surface area contributed by atoms with Crippen molar-refractivity contribution in [2.24, 2.45) is 0 Å². The number of rotatable bonds is 5. The number of piperazine rings is 1. The summed E-state index contributed by atoms with van der Waals surface area (Å²) >= 11 is 0. The van der Waals surface area contributed by atoms with Crippen LogP contribution in [0, 0.1) is 0 Å². The van der Waals surface area contributed by atoms with Crippen molar-refractivity contribution in [3.05, 3.63) is 11.7 Å². The van der Waals surface area contributed by atoms with Crippen molar-refractivity contribution in [2.75, 3.05) is 33.7 Å². The van der Waals surface area contributed by atoms with Crippen molar-refractivity contribution in [2.45, 2.75) is 25.3 Å². The van der Waals surface area contributed by atoms with Gasteiger partial charge < -0.3 is 19.4 Å².